The van der Waals surface area contributed by atoms with Crippen LogP contribution >= 0.6 is 11.6 Å². The minimum absolute atomic E-state index is 0.0388. The van der Waals surface area contributed by atoms with Gasteiger partial charge in [0.05, 0.1) is 41.7 Å². The molecule has 0 saturated carbocycles. The molecule has 0 radical (unpaired) electrons. The summed E-state index contributed by atoms with van der Waals surface area (Å²) in [6.07, 6.45) is 2.23. The van der Waals surface area contributed by atoms with Gasteiger partial charge in [0.25, 0.3) is 0 Å². The molecule has 0 unspecified atom stereocenters. The van der Waals surface area contributed by atoms with Gasteiger partial charge in [-0.25, -0.2) is 18.7 Å². The Bertz CT molecular complexity index is 1450. The van der Waals surface area contributed by atoms with Gasteiger partial charge in [-0.2, -0.15) is 0 Å². The summed E-state index contributed by atoms with van der Waals surface area (Å²) in [6.45, 7) is 4.87. The van der Waals surface area contributed by atoms with E-state index in [-0.39, 0.29) is 28.9 Å². The zero-order chi connectivity index (χ0) is 27.2. The highest BCUT2D eigenvalue weighted by Gasteiger charge is 2.15. The molecule has 204 valence electrons. The van der Waals surface area contributed by atoms with Crippen molar-refractivity contribution in [2.75, 3.05) is 50.5 Å². The molecule has 8 nitrogen and oxygen atoms in total. The number of hydrogen-bond donors (Lipinski definition) is 2. The highest BCUT2D eigenvalue weighted by atomic mass is 35.5. The lowest BCUT2D eigenvalue weighted by Crippen LogP contribution is -2.37. The van der Waals surface area contributed by atoms with E-state index in [0.29, 0.717) is 40.3 Å². The van der Waals surface area contributed by atoms with Gasteiger partial charge in [0.2, 0.25) is 0 Å². The third kappa shape index (κ3) is 6.83. The number of nitrogens with two attached hydrogens (primary N) is 1. The molecule has 11 heteroatoms. The number of benzene rings is 3. The monoisotopic (exact) mass is 555 g/mol. The van der Waals surface area contributed by atoms with Crippen LogP contribution in [0.2, 0.25) is 5.02 Å². The summed E-state index contributed by atoms with van der Waals surface area (Å²) < 4.78 is 45.3. The van der Waals surface area contributed by atoms with Crippen LogP contribution < -0.4 is 20.5 Å². The van der Waals surface area contributed by atoms with Crippen LogP contribution in [0.5, 0.6) is 11.5 Å². The van der Waals surface area contributed by atoms with E-state index in [2.05, 4.69) is 20.2 Å². The quantitative estimate of drug-likeness (QED) is 0.194. The Balaban J connectivity index is 1.26. The average molecular weight is 556 g/mol. The third-order valence-electron chi connectivity index (χ3n) is 6.30. The molecule has 1 aromatic heterocycles. The molecular weight excluding hydrogens is 528 g/mol. The molecule has 5 rings (SSSR count). The Kier molecular flexibility index (Phi) is 8.55. The smallest absolute Gasteiger partial charge is 0.150 e. The van der Waals surface area contributed by atoms with Crippen LogP contribution in [0.25, 0.3) is 10.9 Å². The Hall–Kier alpha value is -3.73. The van der Waals surface area contributed by atoms with E-state index in [1.807, 2.05) is 0 Å². The second-order valence-corrected chi connectivity index (χ2v) is 9.50. The number of anilines is 3. The van der Waals surface area contributed by atoms with Gasteiger partial charge in [0.15, 0.2) is 0 Å². The van der Waals surface area contributed by atoms with Gasteiger partial charge < -0.3 is 25.3 Å². The van der Waals surface area contributed by atoms with Crippen molar-refractivity contribution in [1.29, 1.82) is 0 Å². The first-order chi connectivity index (χ1) is 19.0. The first-order valence-corrected chi connectivity index (χ1v) is 12.9. The number of nitrogens with zero attached hydrogens (tertiary/aromatic N) is 3. The van der Waals surface area contributed by atoms with Crippen molar-refractivity contribution in [2.24, 2.45) is 0 Å². The molecule has 0 amide bonds. The minimum atomic E-state index is -0.603. The van der Waals surface area contributed by atoms with Crippen molar-refractivity contribution < 1.29 is 23.0 Å². The van der Waals surface area contributed by atoms with Gasteiger partial charge in [-0.1, -0.05) is 23.7 Å². The zero-order valence-corrected chi connectivity index (χ0v) is 21.9. The Morgan fingerprint density at radius 1 is 1.03 bits per heavy atom. The fourth-order valence-corrected chi connectivity index (χ4v) is 4.49. The van der Waals surface area contributed by atoms with Crippen molar-refractivity contribution in [3.8, 4) is 11.5 Å². The fourth-order valence-electron chi connectivity index (χ4n) is 4.27. The molecule has 0 spiro atoms. The normalized spacial score (nSPS) is 13.9. The maximum absolute atomic E-state index is 15.0. The van der Waals surface area contributed by atoms with Crippen molar-refractivity contribution in [2.45, 2.75) is 13.0 Å². The Morgan fingerprint density at radius 3 is 2.69 bits per heavy atom. The molecular formula is C28H28ClF2N5O3. The van der Waals surface area contributed by atoms with E-state index in [4.69, 9.17) is 31.5 Å². The van der Waals surface area contributed by atoms with E-state index in [9.17, 15) is 8.78 Å². The highest BCUT2D eigenvalue weighted by Crippen LogP contribution is 2.35. The van der Waals surface area contributed by atoms with Crippen LogP contribution in [-0.2, 0) is 11.3 Å². The van der Waals surface area contributed by atoms with Crippen LogP contribution in [-0.4, -0.2) is 54.3 Å². The van der Waals surface area contributed by atoms with Crippen LogP contribution in [0.1, 0.15) is 12.0 Å². The zero-order valence-electron chi connectivity index (χ0n) is 21.1. The van der Waals surface area contributed by atoms with Crippen LogP contribution in [0, 0.1) is 11.6 Å². The van der Waals surface area contributed by atoms with Gasteiger partial charge in [0, 0.05) is 37.2 Å². The summed E-state index contributed by atoms with van der Waals surface area (Å²) in [5.41, 5.74) is 7.97. The van der Waals surface area contributed by atoms with Gasteiger partial charge in [-0.3, -0.25) is 4.90 Å². The van der Waals surface area contributed by atoms with Crippen molar-refractivity contribution in [1.82, 2.24) is 14.9 Å². The van der Waals surface area contributed by atoms with Crippen LogP contribution in [0.4, 0.5) is 26.0 Å². The number of nitrogen functional groups attached to an aromatic ring is 1. The topological polar surface area (TPSA) is 94.8 Å². The number of hydrogen-bond acceptors (Lipinski definition) is 8. The van der Waals surface area contributed by atoms with Gasteiger partial charge in [0.1, 0.15) is 41.9 Å². The molecule has 1 saturated heterocycles. The molecule has 0 bridgehead atoms. The lowest BCUT2D eigenvalue weighted by atomic mass is 10.2. The standard InChI is InChI=1S/C28H28ClF2N5O3/c29-21-13-25(22(31)14-26(21)39-16-18-3-1-4-19(30)11-18)35-28-20-12-23(32)27(15-24(20)33-17-34-28)38-8-2-5-36-6-9-37-10-7-36/h1,3-4,11-15,17H,2,5-10,16,32H2,(H,33,34,35). The molecule has 1 aliphatic heterocycles. The van der Waals surface area contributed by atoms with Gasteiger partial charge in [-0.05, 0) is 36.2 Å². The molecule has 39 heavy (non-hydrogen) atoms. The van der Waals surface area contributed by atoms with Crippen molar-refractivity contribution >= 4 is 39.7 Å². The lowest BCUT2D eigenvalue weighted by Gasteiger charge is -2.26. The Morgan fingerprint density at radius 2 is 1.87 bits per heavy atom. The molecule has 0 atom stereocenters. The average Bonchev–Trinajstić information content (AvgIpc) is 2.93. The Labute approximate surface area is 229 Å². The number of aromatic nitrogens is 2. The molecule has 1 aliphatic rings. The predicted octanol–water partition coefficient (Wildman–Crippen LogP) is 5.57. The van der Waals surface area contributed by atoms with Crippen LogP contribution in [0.3, 0.4) is 0 Å². The number of fused-ring (bicyclic) bond motifs is 1. The van der Waals surface area contributed by atoms with E-state index >= 15 is 0 Å². The fraction of sp³-hybridized carbons (Fsp3) is 0.286. The van der Waals surface area contributed by atoms with Crippen LogP contribution in [0.15, 0.2) is 54.9 Å². The number of ether oxygens (including phenoxy) is 3. The molecule has 2 heterocycles. The molecule has 4 aromatic rings. The van der Waals surface area contributed by atoms with E-state index in [1.54, 1.807) is 24.3 Å². The highest BCUT2D eigenvalue weighted by molar-refractivity contribution is 6.32. The summed E-state index contributed by atoms with van der Waals surface area (Å²) in [5, 5.41) is 3.75. The third-order valence-corrected chi connectivity index (χ3v) is 6.60. The largest absolute Gasteiger partial charge is 0.491 e. The summed E-state index contributed by atoms with van der Waals surface area (Å²) in [6, 6.07) is 12.0. The van der Waals surface area contributed by atoms with Crippen molar-refractivity contribution in [3.63, 3.8) is 0 Å². The lowest BCUT2D eigenvalue weighted by molar-refractivity contribution is 0.0358. The maximum Gasteiger partial charge on any atom is 0.150 e. The summed E-state index contributed by atoms with van der Waals surface area (Å²) in [4.78, 5) is 10.9. The summed E-state index contributed by atoms with van der Waals surface area (Å²) in [7, 11) is 0. The first-order valence-electron chi connectivity index (χ1n) is 12.6. The second-order valence-electron chi connectivity index (χ2n) is 9.09. The predicted molar refractivity (Wildman–Crippen MR) is 147 cm³/mol. The SMILES string of the molecule is Nc1cc2c(Nc3cc(Cl)c(OCc4cccc(F)c4)cc3F)ncnc2cc1OCCCN1CCOCC1. The van der Waals surface area contributed by atoms with E-state index < -0.39 is 5.82 Å². The number of halogens is 3. The summed E-state index contributed by atoms with van der Waals surface area (Å²) in [5.74, 6) is 0.0370. The molecule has 1 fully saturated rings. The summed E-state index contributed by atoms with van der Waals surface area (Å²) >= 11 is 6.36. The molecule has 3 aromatic carbocycles. The second kappa shape index (κ2) is 12.4. The molecule has 0 aliphatic carbocycles. The van der Waals surface area contributed by atoms with Gasteiger partial charge in [-0.15, -0.1) is 0 Å². The maximum atomic E-state index is 15.0. The minimum Gasteiger partial charge on any atom is -0.491 e. The number of rotatable bonds is 10. The molecule has 3 N–H and O–H groups in total. The number of nitrogens with one attached hydrogen (secondary N) is 1. The number of morpholine rings is 1. The van der Waals surface area contributed by atoms with E-state index in [0.717, 1.165) is 39.3 Å². The van der Waals surface area contributed by atoms with Gasteiger partial charge >= 0.3 is 0 Å². The van der Waals surface area contributed by atoms with Crippen molar-refractivity contribution in [3.05, 3.63) is 77.1 Å². The van der Waals surface area contributed by atoms with E-state index in [1.165, 1.54) is 30.6 Å². The first kappa shape index (κ1) is 26.9.